The van der Waals surface area contributed by atoms with Crippen LogP contribution in [-0.2, 0) is 0 Å². The van der Waals surface area contributed by atoms with E-state index in [2.05, 4.69) is 32.0 Å². The van der Waals surface area contributed by atoms with Crippen LogP contribution in [0.2, 0.25) is 0 Å². The van der Waals surface area contributed by atoms with Gasteiger partial charge in [-0.05, 0) is 18.8 Å². The van der Waals surface area contributed by atoms with Crippen LogP contribution in [0.15, 0.2) is 4.99 Å². The van der Waals surface area contributed by atoms with Crippen molar-refractivity contribution < 1.29 is 0 Å². The second-order valence-electron chi connectivity index (χ2n) is 2.82. The molecule has 1 nitrogen and oxygen atoms in total. The summed E-state index contributed by atoms with van der Waals surface area (Å²) in [6, 6.07) is 0. The summed E-state index contributed by atoms with van der Waals surface area (Å²) in [4.78, 5) is 4.28. The van der Waals surface area contributed by atoms with Crippen molar-refractivity contribution in [3.63, 3.8) is 0 Å². The van der Waals surface area contributed by atoms with Gasteiger partial charge in [-0.25, -0.2) is 0 Å². The summed E-state index contributed by atoms with van der Waals surface area (Å²) in [7, 11) is 0. The topological polar surface area (TPSA) is 12.4 Å². The van der Waals surface area contributed by atoms with Crippen molar-refractivity contribution in [1.29, 1.82) is 0 Å². The maximum Gasteiger partial charge on any atom is 0.0382 e. The van der Waals surface area contributed by atoms with Crippen LogP contribution in [0.25, 0.3) is 0 Å². The third kappa shape index (κ3) is 5.80. The zero-order valence-corrected chi connectivity index (χ0v) is 7.43. The van der Waals surface area contributed by atoms with Crippen LogP contribution in [0.3, 0.4) is 0 Å². The maximum atomic E-state index is 4.28. The Bertz CT molecular complexity index is 86.7. The highest BCUT2D eigenvalue weighted by molar-refractivity contribution is 5.59. The van der Waals surface area contributed by atoms with E-state index in [1.807, 2.05) is 0 Å². The first-order chi connectivity index (χ1) is 4.81. The number of aliphatic imine (C=N–C) groups is 1. The second kappa shape index (κ2) is 6.79. The van der Waals surface area contributed by atoms with Gasteiger partial charge in [0.2, 0.25) is 0 Å². The van der Waals surface area contributed by atoms with Crippen molar-refractivity contribution in [2.45, 2.75) is 40.0 Å². The molecule has 0 bridgehead atoms. The van der Waals surface area contributed by atoms with Gasteiger partial charge in [0, 0.05) is 12.8 Å². The number of hydrogen-bond acceptors (Lipinski definition) is 1. The van der Waals surface area contributed by atoms with Crippen LogP contribution in [0.4, 0.5) is 0 Å². The molecule has 0 aromatic carbocycles. The van der Waals surface area contributed by atoms with Crippen molar-refractivity contribution in [2.75, 3.05) is 6.54 Å². The van der Waals surface area contributed by atoms with E-state index in [1.54, 1.807) is 0 Å². The van der Waals surface area contributed by atoms with Gasteiger partial charge in [-0.2, -0.15) is 0 Å². The van der Waals surface area contributed by atoms with Crippen LogP contribution >= 0.6 is 0 Å². The monoisotopic (exact) mass is 141 g/mol. The van der Waals surface area contributed by atoms with Crippen LogP contribution in [-0.4, -0.2) is 12.8 Å². The smallest absolute Gasteiger partial charge is 0.0382 e. The molecule has 0 saturated heterocycles. The number of rotatable bonds is 5. The molecule has 0 aromatic heterocycles. The zero-order chi connectivity index (χ0) is 7.82. The SMILES string of the molecule is CCCN=CC(C)CCC. The number of nitrogens with zero attached hydrogens (tertiary/aromatic N) is 1. The summed E-state index contributed by atoms with van der Waals surface area (Å²) >= 11 is 0. The predicted molar refractivity (Wildman–Crippen MR) is 47.7 cm³/mol. The van der Waals surface area contributed by atoms with E-state index in [0.717, 1.165) is 13.0 Å². The van der Waals surface area contributed by atoms with Crippen molar-refractivity contribution in [3.8, 4) is 0 Å². The quantitative estimate of drug-likeness (QED) is 0.522. The molecule has 0 amide bonds. The average molecular weight is 141 g/mol. The summed E-state index contributed by atoms with van der Waals surface area (Å²) in [5.74, 6) is 0.677. The fraction of sp³-hybridized carbons (Fsp3) is 0.889. The predicted octanol–water partition coefficient (Wildman–Crippen LogP) is 2.90. The highest BCUT2D eigenvalue weighted by atomic mass is 14.7. The fourth-order valence-corrected chi connectivity index (χ4v) is 0.913. The van der Waals surface area contributed by atoms with Gasteiger partial charge in [0.05, 0.1) is 0 Å². The minimum absolute atomic E-state index is 0.677. The van der Waals surface area contributed by atoms with Crippen molar-refractivity contribution >= 4 is 6.21 Å². The average Bonchev–Trinajstić information content (AvgIpc) is 1.89. The molecule has 1 atom stereocenters. The van der Waals surface area contributed by atoms with E-state index >= 15 is 0 Å². The summed E-state index contributed by atoms with van der Waals surface area (Å²) < 4.78 is 0. The Morgan fingerprint density at radius 2 is 2.00 bits per heavy atom. The molecule has 0 heterocycles. The van der Waals surface area contributed by atoms with Gasteiger partial charge < -0.3 is 0 Å². The van der Waals surface area contributed by atoms with E-state index in [-0.39, 0.29) is 0 Å². The summed E-state index contributed by atoms with van der Waals surface area (Å²) in [5.41, 5.74) is 0. The molecule has 0 aromatic rings. The molecule has 0 aliphatic heterocycles. The minimum atomic E-state index is 0.677. The standard InChI is InChI=1S/C9H19N/c1-4-6-9(3)8-10-7-5-2/h8-9H,4-7H2,1-3H3. The third-order valence-corrected chi connectivity index (χ3v) is 1.46. The fourth-order valence-electron chi connectivity index (χ4n) is 0.913. The van der Waals surface area contributed by atoms with E-state index < -0.39 is 0 Å². The Morgan fingerprint density at radius 3 is 2.50 bits per heavy atom. The lowest BCUT2D eigenvalue weighted by Crippen LogP contribution is -1.95. The van der Waals surface area contributed by atoms with Crippen LogP contribution in [0.1, 0.15) is 40.0 Å². The summed E-state index contributed by atoms with van der Waals surface area (Å²) in [6.07, 6.45) is 5.79. The summed E-state index contributed by atoms with van der Waals surface area (Å²) in [6.45, 7) is 7.59. The van der Waals surface area contributed by atoms with Gasteiger partial charge in [-0.3, -0.25) is 4.99 Å². The largest absolute Gasteiger partial charge is 0.297 e. The highest BCUT2D eigenvalue weighted by Gasteiger charge is 1.92. The first-order valence-electron chi connectivity index (χ1n) is 4.31. The van der Waals surface area contributed by atoms with Crippen molar-refractivity contribution in [2.24, 2.45) is 10.9 Å². The molecule has 0 radical (unpaired) electrons. The zero-order valence-electron chi connectivity index (χ0n) is 7.43. The second-order valence-corrected chi connectivity index (χ2v) is 2.82. The molecule has 60 valence electrons. The Morgan fingerprint density at radius 1 is 1.30 bits per heavy atom. The van der Waals surface area contributed by atoms with E-state index in [0.29, 0.717) is 5.92 Å². The molecule has 0 spiro atoms. The molecule has 0 aliphatic carbocycles. The van der Waals surface area contributed by atoms with Crippen molar-refractivity contribution in [1.82, 2.24) is 0 Å². The van der Waals surface area contributed by atoms with Gasteiger partial charge in [-0.15, -0.1) is 0 Å². The Balaban J connectivity index is 3.26. The Kier molecular flexibility index (Phi) is 6.56. The Hall–Kier alpha value is -0.330. The Labute approximate surface area is 64.6 Å². The lowest BCUT2D eigenvalue weighted by atomic mass is 10.1. The molecule has 0 fully saturated rings. The molecule has 0 saturated carbocycles. The molecular weight excluding hydrogens is 122 g/mol. The van der Waals surface area contributed by atoms with Gasteiger partial charge >= 0.3 is 0 Å². The van der Waals surface area contributed by atoms with Crippen LogP contribution < -0.4 is 0 Å². The van der Waals surface area contributed by atoms with Gasteiger partial charge in [0.15, 0.2) is 0 Å². The van der Waals surface area contributed by atoms with E-state index in [4.69, 9.17) is 0 Å². The van der Waals surface area contributed by atoms with Gasteiger partial charge in [-0.1, -0.05) is 27.2 Å². The lowest BCUT2D eigenvalue weighted by molar-refractivity contribution is 0.674. The maximum absolute atomic E-state index is 4.28. The highest BCUT2D eigenvalue weighted by Crippen LogP contribution is 2.00. The van der Waals surface area contributed by atoms with Crippen molar-refractivity contribution in [3.05, 3.63) is 0 Å². The first kappa shape index (κ1) is 9.67. The van der Waals surface area contributed by atoms with E-state index in [9.17, 15) is 0 Å². The van der Waals surface area contributed by atoms with Crippen LogP contribution in [0.5, 0.6) is 0 Å². The van der Waals surface area contributed by atoms with Gasteiger partial charge in [0.1, 0.15) is 0 Å². The molecule has 1 unspecified atom stereocenters. The molecule has 10 heavy (non-hydrogen) atoms. The van der Waals surface area contributed by atoms with Crippen LogP contribution in [0, 0.1) is 5.92 Å². The lowest BCUT2D eigenvalue weighted by Gasteiger charge is -2.00. The molecule has 0 rings (SSSR count). The minimum Gasteiger partial charge on any atom is -0.297 e. The normalized spacial score (nSPS) is 14.3. The molecule has 0 aliphatic rings. The molecule has 0 N–H and O–H groups in total. The van der Waals surface area contributed by atoms with Gasteiger partial charge in [0.25, 0.3) is 0 Å². The van der Waals surface area contributed by atoms with E-state index in [1.165, 1.54) is 12.8 Å². The molecule has 1 heteroatoms. The third-order valence-electron chi connectivity index (χ3n) is 1.46. The first-order valence-corrected chi connectivity index (χ1v) is 4.31. The summed E-state index contributed by atoms with van der Waals surface area (Å²) in [5, 5.41) is 0. The number of hydrogen-bond donors (Lipinski definition) is 0. The molecular formula is C9H19N.